The van der Waals surface area contributed by atoms with Gasteiger partial charge in [0.25, 0.3) is 0 Å². The highest BCUT2D eigenvalue weighted by Gasteiger charge is 2.28. The van der Waals surface area contributed by atoms with Crippen molar-refractivity contribution in [3.63, 3.8) is 0 Å². The molecule has 0 radical (unpaired) electrons. The Kier molecular flexibility index (Phi) is 6.04. The molecule has 8 heteroatoms. The van der Waals surface area contributed by atoms with E-state index < -0.39 is 22.0 Å². The zero-order valence-electron chi connectivity index (χ0n) is 12.2. The first-order valence-electron chi connectivity index (χ1n) is 6.26. The van der Waals surface area contributed by atoms with Gasteiger partial charge in [0, 0.05) is 5.02 Å². The predicted molar refractivity (Wildman–Crippen MR) is 82.4 cm³/mol. The lowest BCUT2D eigenvalue weighted by molar-refractivity contribution is -0.144. The normalized spacial score (nSPS) is 13.0. The van der Waals surface area contributed by atoms with Gasteiger partial charge < -0.3 is 4.74 Å². The molecule has 1 aromatic rings. The SMILES string of the molecule is CCOC(=O)C(C)NS(=O)(=O)c1c(C)c(Cl)cc(C)c1Cl. The third-order valence-corrected chi connectivity index (χ3v) is 5.53. The van der Waals surface area contributed by atoms with Gasteiger partial charge in [0.15, 0.2) is 0 Å². The second-order valence-electron chi connectivity index (χ2n) is 4.54. The van der Waals surface area contributed by atoms with Crippen LogP contribution in [-0.4, -0.2) is 27.0 Å². The van der Waals surface area contributed by atoms with Crippen molar-refractivity contribution in [1.82, 2.24) is 4.72 Å². The third kappa shape index (κ3) is 4.10. The number of benzene rings is 1. The van der Waals surface area contributed by atoms with Crippen LogP contribution in [0.5, 0.6) is 0 Å². The molecule has 0 bridgehead atoms. The highest BCUT2D eigenvalue weighted by Crippen LogP contribution is 2.33. The Balaban J connectivity index is 3.24. The Morgan fingerprint density at radius 2 is 1.95 bits per heavy atom. The molecule has 0 amide bonds. The fraction of sp³-hybridized carbons (Fsp3) is 0.462. The summed E-state index contributed by atoms with van der Waals surface area (Å²) in [5, 5.41) is 0.376. The van der Waals surface area contributed by atoms with E-state index in [9.17, 15) is 13.2 Å². The number of rotatable bonds is 5. The smallest absolute Gasteiger partial charge is 0.323 e. The Bertz CT molecular complexity index is 632. The van der Waals surface area contributed by atoms with Gasteiger partial charge in [-0.15, -0.1) is 0 Å². The molecule has 1 rings (SSSR count). The molecule has 0 spiro atoms. The number of carbonyl (C=O) groups is 1. The van der Waals surface area contributed by atoms with Gasteiger partial charge in [-0.3, -0.25) is 4.79 Å². The number of hydrogen-bond acceptors (Lipinski definition) is 4. The van der Waals surface area contributed by atoms with E-state index in [-0.39, 0.29) is 16.5 Å². The lowest BCUT2D eigenvalue weighted by Crippen LogP contribution is -2.39. The first-order chi connectivity index (χ1) is 9.61. The maximum absolute atomic E-state index is 12.4. The van der Waals surface area contributed by atoms with Crippen molar-refractivity contribution >= 4 is 39.2 Å². The van der Waals surface area contributed by atoms with Crippen molar-refractivity contribution in [2.75, 3.05) is 6.61 Å². The molecule has 0 heterocycles. The van der Waals surface area contributed by atoms with E-state index in [2.05, 4.69) is 4.72 Å². The lowest BCUT2D eigenvalue weighted by Gasteiger charge is -2.17. The van der Waals surface area contributed by atoms with Crippen LogP contribution in [0.25, 0.3) is 0 Å². The predicted octanol–water partition coefficient (Wildman–Crippen LogP) is 2.84. The standard InChI is InChI=1S/C13H17Cl2NO4S/c1-5-20-13(17)9(4)16-21(18,19)12-8(3)10(14)6-7(2)11(12)15/h6,9,16H,5H2,1-4H3. The lowest BCUT2D eigenvalue weighted by atomic mass is 10.2. The van der Waals surface area contributed by atoms with E-state index in [1.54, 1.807) is 26.8 Å². The number of esters is 1. The third-order valence-electron chi connectivity index (χ3n) is 2.83. The van der Waals surface area contributed by atoms with Crippen molar-refractivity contribution < 1.29 is 17.9 Å². The van der Waals surface area contributed by atoms with Crippen LogP contribution in [0, 0.1) is 13.8 Å². The van der Waals surface area contributed by atoms with Crippen molar-refractivity contribution in [2.45, 2.75) is 38.6 Å². The van der Waals surface area contributed by atoms with E-state index in [0.717, 1.165) is 0 Å². The van der Waals surface area contributed by atoms with Gasteiger partial charge in [0.2, 0.25) is 10.0 Å². The summed E-state index contributed by atoms with van der Waals surface area (Å²) in [6.07, 6.45) is 0. The minimum Gasteiger partial charge on any atom is -0.465 e. The molecule has 0 aliphatic heterocycles. The van der Waals surface area contributed by atoms with Gasteiger partial charge in [0.1, 0.15) is 10.9 Å². The summed E-state index contributed by atoms with van der Waals surface area (Å²) in [5.41, 5.74) is 0.868. The Labute approximate surface area is 134 Å². The molecule has 0 fully saturated rings. The Morgan fingerprint density at radius 1 is 1.38 bits per heavy atom. The first-order valence-corrected chi connectivity index (χ1v) is 8.49. The van der Waals surface area contributed by atoms with Crippen LogP contribution >= 0.6 is 23.2 Å². The molecule has 1 unspecified atom stereocenters. The molecule has 1 aromatic carbocycles. The molecule has 1 atom stereocenters. The van der Waals surface area contributed by atoms with Gasteiger partial charge in [-0.1, -0.05) is 23.2 Å². The van der Waals surface area contributed by atoms with E-state index in [4.69, 9.17) is 27.9 Å². The number of halogens is 2. The Morgan fingerprint density at radius 3 is 2.48 bits per heavy atom. The number of aryl methyl sites for hydroxylation is 1. The summed E-state index contributed by atoms with van der Waals surface area (Å²) in [4.78, 5) is 11.4. The van der Waals surface area contributed by atoms with Gasteiger partial charge in [-0.05, 0) is 44.9 Å². The molecule has 118 valence electrons. The Hall–Kier alpha value is -0.820. The van der Waals surface area contributed by atoms with Gasteiger partial charge in [-0.2, -0.15) is 4.72 Å². The van der Waals surface area contributed by atoms with Crippen LogP contribution < -0.4 is 4.72 Å². The summed E-state index contributed by atoms with van der Waals surface area (Å²) in [5.74, 6) is -0.659. The van der Waals surface area contributed by atoms with Crippen LogP contribution in [0.2, 0.25) is 10.0 Å². The van der Waals surface area contributed by atoms with Crippen LogP contribution in [0.4, 0.5) is 0 Å². The summed E-state index contributed by atoms with van der Waals surface area (Å²) >= 11 is 12.1. The minimum absolute atomic E-state index is 0.0838. The quantitative estimate of drug-likeness (QED) is 0.826. The topological polar surface area (TPSA) is 72.5 Å². The fourth-order valence-corrected chi connectivity index (χ4v) is 4.15. The molecule has 1 N–H and O–H groups in total. The largest absolute Gasteiger partial charge is 0.465 e. The average molecular weight is 354 g/mol. The van der Waals surface area contributed by atoms with E-state index in [1.165, 1.54) is 6.92 Å². The molecule has 0 aromatic heterocycles. The van der Waals surface area contributed by atoms with Crippen LogP contribution in [0.1, 0.15) is 25.0 Å². The highest BCUT2D eigenvalue weighted by molar-refractivity contribution is 7.89. The fourth-order valence-electron chi connectivity index (χ4n) is 1.74. The molecule has 5 nitrogen and oxygen atoms in total. The zero-order valence-corrected chi connectivity index (χ0v) is 14.5. The van der Waals surface area contributed by atoms with Crippen LogP contribution in [-0.2, 0) is 19.6 Å². The summed E-state index contributed by atoms with van der Waals surface area (Å²) < 4.78 is 31.9. The van der Waals surface area contributed by atoms with Crippen LogP contribution in [0.3, 0.4) is 0 Å². The molecular formula is C13H17Cl2NO4S. The molecule has 0 saturated heterocycles. The monoisotopic (exact) mass is 353 g/mol. The molecule has 0 aliphatic rings. The second-order valence-corrected chi connectivity index (χ2v) is 6.97. The summed E-state index contributed by atoms with van der Waals surface area (Å²) in [7, 11) is -4.00. The van der Waals surface area contributed by atoms with Crippen molar-refractivity contribution in [2.24, 2.45) is 0 Å². The second kappa shape index (κ2) is 6.96. The molecule has 21 heavy (non-hydrogen) atoms. The number of nitrogens with one attached hydrogen (secondary N) is 1. The van der Waals surface area contributed by atoms with Gasteiger partial charge in [0.05, 0.1) is 11.6 Å². The molecule has 0 saturated carbocycles. The maximum atomic E-state index is 12.4. The zero-order chi connectivity index (χ0) is 16.4. The number of carbonyl (C=O) groups excluding carboxylic acids is 1. The minimum atomic E-state index is -4.00. The van der Waals surface area contributed by atoms with Gasteiger partial charge >= 0.3 is 5.97 Å². The first kappa shape index (κ1) is 18.2. The van der Waals surface area contributed by atoms with E-state index in [1.807, 2.05) is 0 Å². The molecular weight excluding hydrogens is 337 g/mol. The summed E-state index contributed by atoms with van der Waals surface area (Å²) in [6.45, 7) is 6.41. The van der Waals surface area contributed by atoms with Crippen molar-refractivity contribution in [1.29, 1.82) is 0 Å². The maximum Gasteiger partial charge on any atom is 0.323 e. The van der Waals surface area contributed by atoms with Crippen molar-refractivity contribution in [3.05, 3.63) is 27.2 Å². The number of ether oxygens (including phenoxy) is 1. The highest BCUT2D eigenvalue weighted by atomic mass is 35.5. The van der Waals surface area contributed by atoms with E-state index in [0.29, 0.717) is 16.1 Å². The van der Waals surface area contributed by atoms with Crippen LogP contribution in [0.15, 0.2) is 11.0 Å². The summed E-state index contributed by atoms with van der Waals surface area (Å²) in [6, 6.07) is 0.567. The van der Waals surface area contributed by atoms with Crippen molar-refractivity contribution in [3.8, 4) is 0 Å². The number of hydrogen-bond donors (Lipinski definition) is 1. The molecule has 0 aliphatic carbocycles. The number of sulfonamides is 1. The van der Waals surface area contributed by atoms with E-state index >= 15 is 0 Å². The van der Waals surface area contributed by atoms with Gasteiger partial charge in [-0.25, -0.2) is 8.42 Å². The average Bonchev–Trinajstić information content (AvgIpc) is 2.36.